The first-order valence-electron chi connectivity index (χ1n) is 6.63. The summed E-state index contributed by atoms with van der Waals surface area (Å²) in [4.78, 5) is 0. The van der Waals surface area contributed by atoms with E-state index in [1.54, 1.807) is 14.2 Å². The van der Waals surface area contributed by atoms with Crippen molar-refractivity contribution in [1.82, 2.24) is 0 Å². The molecule has 0 heterocycles. The summed E-state index contributed by atoms with van der Waals surface area (Å²) in [5, 5.41) is 0. The van der Waals surface area contributed by atoms with Gasteiger partial charge in [0, 0.05) is 17.7 Å². The minimum atomic E-state index is 0.449. The lowest BCUT2D eigenvalue weighted by Crippen LogP contribution is -2.01. The maximum atomic E-state index is 5.79. The zero-order chi connectivity index (χ0) is 14.7. The van der Waals surface area contributed by atoms with Crippen LogP contribution < -0.4 is 15.2 Å². The van der Waals surface area contributed by atoms with Crippen LogP contribution in [0.1, 0.15) is 16.7 Å². The van der Waals surface area contributed by atoms with Crippen molar-refractivity contribution >= 4 is 0 Å². The highest BCUT2D eigenvalue weighted by Crippen LogP contribution is 2.36. The van der Waals surface area contributed by atoms with Crippen molar-refractivity contribution in [2.24, 2.45) is 5.73 Å². The van der Waals surface area contributed by atoms with Crippen LogP contribution in [0.25, 0.3) is 11.1 Å². The van der Waals surface area contributed by atoms with Gasteiger partial charge in [-0.25, -0.2) is 0 Å². The number of hydrogen-bond donors (Lipinski definition) is 1. The van der Waals surface area contributed by atoms with E-state index < -0.39 is 0 Å². The molecule has 0 bridgehead atoms. The highest BCUT2D eigenvalue weighted by atomic mass is 16.5. The SMILES string of the molecule is COc1ccc(-c2c(C)cc(C)cc2OC)cc1CN. The molecule has 0 saturated heterocycles. The average molecular weight is 271 g/mol. The molecule has 0 aromatic heterocycles. The number of hydrogen-bond acceptors (Lipinski definition) is 3. The Morgan fingerprint density at radius 2 is 1.65 bits per heavy atom. The third-order valence-corrected chi connectivity index (χ3v) is 3.45. The van der Waals surface area contributed by atoms with Crippen LogP contribution in [-0.4, -0.2) is 14.2 Å². The van der Waals surface area contributed by atoms with Gasteiger partial charge < -0.3 is 15.2 Å². The third-order valence-electron chi connectivity index (χ3n) is 3.45. The summed E-state index contributed by atoms with van der Waals surface area (Å²) >= 11 is 0. The van der Waals surface area contributed by atoms with E-state index >= 15 is 0 Å². The smallest absolute Gasteiger partial charge is 0.127 e. The van der Waals surface area contributed by atoms with Gasteiger partial charge in [-0.05, 0) is 48.7 Å². The number of ether oxygens (including phenoxy) is 2. The lowest BCUT2D eigenvalue weighted by Gasteiger charge is -2.15. The van der Waals surface area contributed by atoms with E-state index in [-0.39, 0.29) is 0 Å². The fraction of sp³-hybridized carbons (Fsp3) is 0.294. The van der Waals surface area contributed by atoms with Crippen LogP contribution in [0.15, 0.2) is 30.3 Å². The molecule has 0 atom stereocenters. The van der Waals surface area contributed by atoms with Gasteiger partial charge in [-0.1, -0.05) is 12.1 Å². The van der Waals surface area contributed by atoms with E-state index in [0.717, 1.165) is 28.2 Å². The molecular weight excluding hydrogens is 250 g/mol. The van der Waals surface area contributed by atoms with E-state index in [2.05, 4.69) is 32.0 Å². The second kappa shape index (κ2) is 5.97. The van der Waals surface area contributed by atoms with Crippen molar-refractivity contribution in [3.05, 3.63) is 47.0 Å². The number of nitrogens with two attached hydrogens (primary N) is 1. The monoisotopic (exact) mass is 271 g/mol. The Morgan fingerprint density at radius 3 is 2.25 bits per heavy atom. The topological polar surface area (TPSA) is 44.5 Å². The molecule has 0 saturated carbocycles. The van der Waals surface area contributed by atoms with E-state index in [1.807, 2.05) is 12.1 Å². The van der Waals surface area contributed by atoms with Gasteiger partial charge in [0.2, 0.25) is 0 Å². The molecule has 2 aromatic rings. The third kappa shape index (κ3) is 2.63. The van der Waals surface area contributed by atoms with Gasteiger partial charge in [-0.2, -0.15) is 0 Å². The Hall–Kier alpha value is -2.00. The first-order valence-corrected chi connectivity index (χ1v) is 6.63. The van der Waals surface area contributed by atoms with Crippen LogP contribution in [0, 0.1) is 13.8 Å². The fourth-order valence-electron chi connectivity index (χ4n) is 2.55. The first kappa shape index (κ1) is 14.4. The van der Waals surface area contributed by atoms with E-state index in [1.165, 1.54) is 11.1 Å². The van der Waals surface area contributed by atoms with Gasteiger partial charge in [0.1, 0.15) is 11.5 Å². The number of benzene rings is 2. The average Bonchev–Trinajstić information content (AvgIpc) is 2.45. The Bertz CT molecular complexity index is 621. The van der Waals surface area contributed by atoms with Gasteiger partial charge >= 0.3 is 0 Å². The Labute approximate surface area is 120 Å². The van der Waals surface area contributed by atoms with Crippen LogP contribution in [0.5, 0.6) is 11.5 Å². The van der Waals surface area contributed by atoms with Gasteiger partial charge in [-0.15, -0.1) is 0 Å². The zero-order valence-electron chi connectivity index (χ0n) is 12.5. The zero-order valence-corrected chi connectivity index (χ0v) is 12.5. The molecule has 0 unspecified atom stereocenters. The predicted octanol–water partition coefficient (Wildman–Crippen LogP) is 3.45. The summed E-state index contributed by atoms with van der Waals surface area (Å²) in [5.41, 5.74) is 11.4. The molecule has 2 aromatic carbocycles. The maximum Gasteiger partial charge on any atom is 0.127 e. The molecular formula is C17H21NO2. The second-order valence-electron chi connectivity index (χ2n) is 4.89. The summed E-state index contributed by atoms with van der Waals surface area (Å²) in [5.74, 6) is 1.70. The summed E-state index contributed by atoms with van der Waals surface area (Å²) in [7, 11) is 3.36. The molecule has 0 aliphatic heterocycles. The Balaban J connectivity index is 2.62. The van der Waals surface area contributed by atoms with Crippen LogP contribution in [-0.2, 0) is 6.54 Å². The predicted molar refractivity (Wildman–Crippen MR) is 82.3 cm³/mol. The second-order valence-corrected chi connectivity index (χ2v) is 4.89. The minimum absolute atomic E-state index is 0.449. The maximum absolute atomic E-state index is 5.79. The Kier molecular flexibility index (Phi) is 4.30. The molecule has 0 radical (unpaired) electrons. The van der Waals surface area contributed by atoms with Crippen molar-refractivity contribution in [2.75, 3.05) is 14.2 Å². The summed E-state index contributed by atoms with van der Waals surface area (Å²) in [6, 6.07) is 10.3. The van der Waals surface area contributed by atoms with Gasteiger partial charge in [0.05, 0.1) is 14.2 Å². The lowest BCUT2D eigenvalue weighted by atomic mass is 9.96. The molecule has 0 aliphatic rings. The largest absolute Gasteiger partial charge is 0.496 e. The van der Waals surface area contributed by atoms with E-state index in [9.17, 15) is 0 Å². The molecule has 3 heteroatoms. The van der Waals surface area contributed by atoms with Crippen molar-refractivity contribution in [3.63, 3.8) is 0 Å². The van der Waals surface area contributed by atoms with Crippen molar-refractivity contribution in [3.8, 4) is 22.6 Å². The molecule has 0 spiro atoms. The molecule has 0 aliphatic carbocycles. The van der Waals surface area contributed by atoms with E-state index in [4.69, 9.17) is 15.2 Å². The van der Waals surface area contributed by atoms with E-state index in [0.29, 0.717) is 6.54 Å². The normalized spacial score (nSPS) is 10.4. The van der Waals surface area contributed by atoms with Gasteiger partial charge in [0.15, 0.2) is 0 Å². The molecule has 2 rings (SSSR count). The van der Waals surface area contributed by atoms with Crippen LogP contribution in [0.2, 0.25) is 0 Å². The van der Waals surface area contributed by atoms with Crippen LogP contribution in [0.3, 0.4) is 0 Å². The molecule has 0 amide bonds. The lowest BCUT2D eigenvalue weighted by molar-refractivity contribution is 0.409. The van der Waals surface area contributed by atoms with Gasteiger partial charge in [-0.3, -0.25) is 0 Å². The Morgan fingerprint density at radius 1 is 0.950 bits per heavy atom. The highest BCUT2D eigenvalue weighted by molar-refractivity contribution is 5.75. The highest BCUT2D eigenvalue weighted by Gasteiger charge is 2.12. The van der Waals surface area contributed by atoms with Gasteiger partial charge in [0.25, 0.3) is 0 Å². The van der Waals surface area contributed by atoms with Crippen LogP contribution in [0.4, 0.5) is 0 Å². The summed E-state index contributed by atoms with van der Waals surface area (Å²) in [6.45, 7) is 4.61. The summed E-state index contributed by atoms with van der Waals surface area (Å²) in [6.07, 6.45) is 0. The number of rotatable bonds is 4. The fourth-order valence-corrected chi connectivity index (χ4v) is 2.55. The minimum Gasteiger partial charge on any atom is -0.496 e. The standard InChI is InChI=1S/C17H21NO2/c1-11-7-12(2)17(16(8-11)20-4)13-5-6-15(19-3)14(9-13)10-18/h5-9H,10,18H2,1-4H3. The van der Waals surface area contributed by atoms with Crippen molar-refractivity contribution < 1.29 is 9.47 Å². The number of aryl methyl sites for hydroxylation is 2. The van der Waals surface area contributed by atoms with Crippen molar-refractivity contribution in [2.45, 2.75) is 20.4 Å². The molecule has 0 fully saturated rings. The molecule has 20 heavy (non-hydrogen) atoms. The van der Waals surface area contributed by atoms with Crippen LogP contribution >= 0.6 is 0 Å². The molecule has 2 N–H and O–H groups in total. The molecule has 106 valence electrons. The van der Waals surface area contributed by atoms with Crippen molar-refractivity contribution in [1.29, 1.82) is 0 Å². The molecule has 3 nitrogen and oxygen atoms in total. The quantitative estimate of drug-likeness (QED) is 0.926. The number of methoxy groups -OCH3 is 2. The summed E-state index contributed by atoms with van der Waals surface area (Å²) < 4.78 is 10.9. The first-order chi connectivity index (χ1) is 9.60.